The van der Waals surface area contributed by atoms with Crippen molar-refractivity contribution in [2.24, 2.45) is 10.9 Å². The summed E-state index contributed by atoms with van der Waals surface area (Å²) in [7, 11) is 1.64. The molecule has 1 aliphatic heterocycles. The number of hydrogen-bond acceptors (Lipinski definition) is 4. The van der Waals surface area contributed by atoms with E-state index in [4.69, 9.17) is 9.73 Å². The second-order valence-corrected chi connectivity index (χ2v) is 7.65. The predicted molar refractivity (Wildman–Crippen MR) is 138 cm³/mol. The Bertz CT molecular complexity index is 676. The largest absolute Gasteiger partial charge is 0.379 e. The van der Waals surface area contributed by atoms with Crippen molar-refractivity contribution in [2.45, 2.75) is 46.2 Å². The molecule has 1 aromatic rings. The molecule has 1 aromatic carbocycles. The number of nitrogens with zero attached hydrogens (tertiary/aromatic N) is 2. The molecule has 1 unspecified atom stereocenters. The average molecular weight is 546 g/mol. The highest BCUT2D eigenvalue weighted by molar-refractivity contribution is 14.0. The maximum atomic E-state index is 11.9. The van der Waals surface area contributed by atoms with Crippen LogP contribution in [-0.4, -0.2) is 69.2 Å². The van der Waals surface area contributed by atoms with E-state index in [2.05, 4.69) is 41.6 Å². The first-order valence-corrected chi connectivity index (χ1v) is 11.3. The van der Waals surface area contributed by atoms with Gasteiger partial charge in [-0.05, 0) is 30.5 Å². The second kappa shape index (κ2) is 15.4. The van der Waals surface area contributed by atoms with Crippen molar-refractivity contribution in [3.8, 4) is 0 Å². The van der Waals surface area contributed by atoms with E-state index >= 15 is 0 Å². The van der Waals surface area contributed by atoms with Crippen molar-refractivity contribution >= 4 is 35.8 Å². The summed E-state index contributed by atoms with van der Waals surface area (Å²) in [6.45, 7) is 12.4. The fourth-order valence-corrected chi connectivity index (χ4v) is 4.00. The van der Waals surface area contributed by atoms with E-state index in [-0.39, 0.29) is 29.9 Å². The molecule has 31 heavy (non-hydrogen) atoms. The number of ether oxygens (including phenoxy) is 1. The topological polar surface area (TPSA) is 78.0 Å². The minimum atomic E-state index is -0.0793. The van der Waals surface area contributed by atoms with E-state index in [1.807, 2.05) is 24.3 Å². The van der Waals surface area contributed by atoms with Crippen molar-refractivity contribution in [3.63, 3.8) is 0 Å². The highest BCUT2D eigenvalue weighted by atomic mass is 127. The Morgan fingerprint density at radius 2 is 1.87 bits per heavy atom. The zero-order valence-corrected chi connectivity index (χ0v) is 21.8. The van der Waals surface area contributed by atoms with Crippen molar-refractivity contribution in [2.75, 3.05) is 46.4 Å². The molecule has 7 nitrogen and oxygen atoms in total. The van der Waals surface area contributed by atoms with Crippen LogP contribution in [0.15, 0.2) is 29.3 Å². The van der Waals surface area contributed by atoms with Crippen molar-refractivity contribution < 1.29 is 9.53 Å². The summed E-state index contributed by atoms with van der Waals surface area (Å²) in [5.41, 5.74) is 1.67. The third-order valence-corrected chi connectivity index (χ3v) is 5.77. The summed E-state index contributed by atoms with van der Waals surface area (Å²) in [4.78, 5) is 19.2. The lowest BCUT2D eigenvalue weighted by Gasteiger charge is -2.39. The van der Waals surface area contributed by atoms with Crippen LogP contribution in [0.2, 0.25) is 0 Å². The van der Waals surface area contributed by atoms with Gasteiger partial charge in [0.2, 0.25) is 0 Å². The Hall–Kier alpha value is -1.39. The number of nitrogens with one attached hydrogen (secondary N) is 3. The quantitative estimate of drug-likeness (QED) is 0.240. The SMILES string of the molecule is CCNC(=NCc1cccc(C(=O)NC)c1)NCC(C(CC)CC)N1CCOCC1.I. The van der Waals surface area contributed by atoms with E-state index in [1.54, 1.807) is 7.05 Å². The van der Waals surface area contributed by atoms with Crippen LogP contribution < -0.4 is 16.0 Å². The van der Waals surface area contributed by atoms with Crippen LogP contribution in [0.3, 0.4) is 0 Å². The molecule has 0 aliphatic carbocycles. The van der Waals surface area contributed by atoms with Gasteiger partial charge in [-0.15, -0.1) is 24.0 Å². The van der Waals surface area contributed by atoms with Gasteiger partial charge in [-0.2, -0.15) is 0 Å². The molecule has 8 heteroatoms. The molecule has 0 aromatic heterocycles. The second-order valence-electron chi connectivity index (χ2n) is 7.65. The summed E-state index contributed by atoms with van der Waals surface area (Å²) in [6, 6.07) is 8.08. The highest BCUT2D eigenvalue weighted by Crippen LogP contribution is 2.19. The first-order valence-electron chi connectivity index (χ1n) is 11.3. The lowest BCUT2D eigenvalue weighted by atomic mass is 9.92. The van der Waals surface area contributed by atoms with E-state index in [0.29, 0.717) is 24.1 Å². The van der Waals surface area contributed by atoms with Gasteiger partial charge in [-0.25, -0.2) is 4.99 Å². The summed E-state index contributed by atoms with van der Waals surface area (Å²) < 4.78 is 5.56. The molecule has 1 heterocycles. The zero-order valence-electron chi connectivity index (χ0n) is 19.4. The van der Waals surface area contributed by atoms with Crippen LogP contribution in [0.25, 0.3) is 0 Å². The van der Waals surface area contributed by atoms with E-state index in [9.17, 15) is 4.79 Å². The fourth-order valence-electron chi connectivity index (χ4n) is 4.00. The zero-order chi connectivity index (χ0) is 21.8. The number of morpholine rings is 1. The van der Waals surface area contributed by atoms with Crippen LogP contribution in [0.5, 0.6) is 0 Å². The van der Waals surface area contributed by atoms with Crippen LogP contribution >= 0.6 is 24.0 Å². The lowest BCUT2D eigenvalue weighted by Crippen LogP contribution is -2.53. The first-order chi connectivity index (χ1) is 14.6. The minimum Gasteiger partial charge on any atom is -0.379 e. The van der Waals surface area contributed by atoms with Gasteiger partial charge in [-0.3, -0.25) is 9.69 Å². The van der Waals surface area contributed by atoms with E-state index < -0.39 is 0 Å². The number of benzene rings is 1. The number of amides is 1. The summed E-state index contributed by atoms with van der Waals surface area (Å²) in [5.74, 6) is 1.37. The number of hydrogen-bond donors (Lipinski definition) is 3. The van der Waals surface area contributed by atoms with Crippen molar-refractivity contribution in [1.29, 1.82) is 0 Å². The Morgan fingerprint density at radius 1 is 1.16 bits per heavy atom. The maximum Gasteiger partial charge on any atom is 0.251 e. The molecule has 0 bridgehead atoms. The van der Waals surface area contributed by atoms with Crippen LogP contribution in [0.1, 0.15) is 49.5 Å². The number of carbonyl (C=O) groups is 1. The van der Waals surface area contributed by atoms with Gasteiger partial charge in [0.15, 0.2) is 5.96 Å². The van der Waals surface area contributed by atoms with Crippen LogP contribution in [0.4, 0.5) is 0 Å². The number of carbonyl (C=O) groups excluding carboxylic acids is 1. The first kappa shape index (κ1) is 27.6. The summed E-state index contributed by atoms with van der Waals surface area (Å²) >= 11 is 0. The van der Waals surface area contributed by atoms with Gasteiger partial charge in [0.1, 0.15) is 0 Å². The molecule has 1 atom stereocenters. The normalized spacial score (nSPS) is 15.8. The Kier molecular flexibility index (Phi) is 13.7. The third kappa shape index (κ3) is 8.94. The fraction of sp³-hybridized carbons (Fsp3) is 0.652. The van der Waals surface area contributed by atoms with Gasteiger partial charge in [0.25, 0.3) is 5.91 Å². The van der Waals surface area contributed by atoms with Gasteiger partial charge in [0.05, 0.1) is 19.8 Å². The Labute approximate surface area is 204 Å². The highest BCUT2D eigenvalue weighted by Gasteiger charge is 2.27. The number of halogens is 1. The molecule has 0 saturated carbocycles. The summed E-state index contributed by atoms with van der Waals surface area (Å²) in [6.07, 6.45) is 2.33. The standard InChI is InChI=1S/C23H39N5O2.HI/c1-5-19(6-2)21(28-11-13-30-14-12-28)17-27-23(25-7-3)26-16-18-9-8-10-20(15-18)22(29)24-4;/h8-10,15,19,21H,5-7,11-14,16-17H2,1-4H3,(H,24,29)(H2,25,26,27);1H. The van der Waals surface area contributed by atoms with Gasteiger partial charge in [-0.1, -0.05) is 38.8 Å². The molecule has 1 amide bonds. The molecule has 176 valence electrons. The van der Waals surface area contributed by atoms with Crippen LogP contribution in [-0.2, 0) is 11.3 Å². The number of guanidine groups is 1. The molecule has 0 radical (unpaired) electrons. The monoisotopic (exact) mass is 545 g/mol. The summed E-state index contributed by atoms with van der Waals surface area (Å²) in [5, 5.41) is 9.58. The van der Waals surface area contributed by atoms with E-state index in [1.165, 1.54) is 12.8 Å². The Morgan fingerprint density at radius 3 is 2.48 bits per heavy atom. The van der Waals surface area contributed by atoms with Gasteiger partial charge < -0.3 is 20.7 Å². The van der Waals surface area contributed by atoms with E-state index in [0.717, 1.165) is 50.9 Å². The van der Waals surface area contributed by atoms with Crippen molar-refractivity contribution in [3.05, 3.63) is 35.4 Å². The maximum absolute atomic E-state index is 11.9. The van der Waals surface area contributed by atoms with Gasteiger partial charge in [0, 0.05) is 44.8 Å². The molecule has 0 spiro atoms. The lowest BCUT2D eigenvalue weighted by molar-refractivity contribution is 0.00272. The molecular formula is C23H40IN5O2. The van der Waals surface area contributed by atoms with Crippen molar-refractivity contribution in [1.82, 2.24) is 20.9 Å². The van der Waals surface area contributed by atoms with Gasteiger partial charge >= 0.3 is 0 Å². The average Bonchev–Trinajstić information content (AvgIpc) is 2.80. The molecule has 1 aliphatic rings. The third-order valence-electron chi connectivity index (χ3n) is 5.77. The molecule has 2 rings (SSSR count). The smallest absolute Gasteiger partial charge is 0.251 e. The number of aliphatic imine (C=N–C) groups is 1. The predicted octanol–water partition coefficient (Wildman–Crippen LogP) is 2.86. The minimum absolute atomic E-state index is 0. The molecular weight excluding hydrogens is 505 g/mol. The molecule has 3 N–H and O–H groups in total. The number of rotatable bonds is 10. The van der Waals surface area contributed by atoms with Crippen LogP contribution in [0, 0.1) is 5.92 Å². The molecule has 1 fully saturated rings. The Balaban J connectivity index is 0.00000480. The molecule has 1 saturated heterocycles.